The molecule has 184 valence electrons. The predicted octanol–water partition coefficient (Wildman–Crippen LogP) is 5.14. The van der Waals surface area contributed by atoms with E-state index in [0.29, 0.717) is 10.2 Å². The number of hydrogen-bond donors (Lipinski definition) is 1. The number of hydrogen-bond acceptors (Lipinski definition) is 4. The largest absolute Gasteiger partial charge is 0.495 e. The minimum atomic E-state index is -2.21. The average molecular weight is 574 g/mol. The van der Waals surface area contributed by atoms with Crippen LogP contribution in [0.2, 0.25) is 0 Å². The minimum absolute atomic E-state index is 0.0541. The normalized spacial score (nSPS) is 13.8. The number of thiocarbonyl (C=S) groups is 1. The third-order valence-corrected chi connectivity index (χ3v) is 6.83. The third kappa shape index (κ3) is 4.52. The lowest BCUT2D eigenvalue weighted by atomic mass is 10.1. The predicted molar refractivity (Wildman–Crippen MR) is 128 cm³/mol. The molecule has 1 saturated heterocycles. The molecule has 5 nitrogen and oxygen atoms in total. The molecule has 0 spiro atoms. The van der Waals surface area contributed by atoms with Crippen molar-refractivity contribution >= 4 is 55.6 Å². The fourth-order valence-electron chi connectivity index (χ4n) is 3.90. The van der Waals surface area contributed by atoms with Gasteiger partial charge in [-0.05, 0) is 45.0 Å². The van der Waals surface area contributed by atoms with E-state index in [1.165, 1.54) is 7.11 Å². The highest BCUT2D eigenvalue weighted by atomic mass is 79.9. The van der Waals surface area contributed by atoms with Gasteiger partial charge < -0.3 is 14.5 Å². The zero-order valence-corrected chi connectivity index (χ0v) is 20.5. The topological polar surface area (TPSA) is 44.8 Å². The van der Waals surface area contributed by atoms with Crippen LogP contribution in [0.15, 0.2) is 34.8 Å². The van der Waals surface area contributed by atoms with E-state index in [1.807, 2.05) is 24.3 Å². The SMILES string of the molecule is COc1c(C(=O)NC(=S)N2CCN(c3c(F)c(F)c(F)c(F)c3F)CC2)cc2ccccc2c1Br. The van der Waals surface area contributed by atoms with E-state index >= 15 is 0 Å². The van der Waals surface area contributed by atoms with E-state index in [2.05, 4.69) is 21.2 Å². The Kier molecular flexibility index (Phi) is 7.13. The minimum Gasteiger partial charge on any atom is -0.495 e. The first-order valence-electron chi connectivity index (χ1n) is 10.3. The van der Waals surface area contributed by atoms with Gasteiger partial charge in [-0.1, -0.05) is 24.3 Å². The average Bonchev–Trinajstić information content (AvgIpc) is 2.86. The first kappa shape index (κ1) is 25.1. The second-order valence-electron chi connectivity index (χ2n) is 7.64. The van der Waals surface area contributed by atoms with Gasteiger partial charge in [0, 0.05) is 26.2 Å². The lowest BCUT2D eigenvalue weighted by Gasteiger charge is -2.37. The zero-order chi connectivity index (χ0) is 25.4. The third-order valence-electron chi connectivity index (χ3n) is 5.68. The van der Waals surface area contributed by atoms with Crippen LogP contribution in [-0.2, 0) is 0 Å². The Labute approximate surface area is 210 Å². The molecule has 1 fully saturated rings. The highest BCUT2D eigenvalue weighted by molar-refractivity contribution is 9.10. The number of piperazine rings is 1. The quantitative estimate of drug-likeness (QED) is 0.203. The van der Waals surface area contributed by atoms with Gasteiger partial charge in [0.15, 0.2) is 28.4 Å². The molecule has 1 N–H and O–H groups in total. The molecule has 0 aliphatic carbocycles. The van der Waals surface area contributed by atoms with Crippen molar-refractivity contribution in [1.82, 2.24) is 10.2 Å². The van der Waals surface area contributed by atoms with Crippen molar-refractivity contribution in [1.29, 1.82) is 0 Å². The van der Waals surface area contributed by atoms with E-state index in [9.17, 15) is 26.7 Å². The second kappa shape index (κ2) is 9.94. The molecule has 1 aliphatic heterocycles. The number of carbonyl (C=O) groups excluding carboxylic acids is 1. The molecule has 0 bridgehead atoms. The Morgan fingerprint density at radius 3 is 2.14 bits per heavy atom. The molecule has 12 heteroatoms. The molecule has 1 amide bonds. The molecular formula is C23H17BrF5N3O2S. The number of amides is 1. The number of carbonyl (C=O) groups is 1. The number of halogens is 6. The van der Waals surface area contributed by atoms with Crippen LogP contribution in [0, 0.1) is 29.1 Å². The molecule has 0 unspecified atom stereocenters. The Bertz CT molecular complexity index is 1320. The number of benzene rings is 3. The van der Waals surface area contributed by atoms with Crippen molar-refractivity contribution in [3.8, 4) is 5.75 Å². The summed E-state index contributed by atoms with van der Waals surface area (Å²) in [6, 6.07) is 9.06. The molecule has 35 heavy (non-hydrogen) atoms. The highest BCUT2D eigenvalue weighted by Crippen LogP contribution is 2.36. The zero-order valence-electron chi connectivity index (χ0n) is 18.1. The number of nitrogens with zero attached hydrogens (tertiary/aromatic N) is 2. The van der Waals surface area contributed by atoms with Gasteiger partial charge in [0.25, 0.3) is 5.91 Å². The molecular weight excluding hydrogens is 557 g/mol. The molecule has 3 aromatic rings. The molecule has 1 aliphatic rings. The number of methoxy groups -OCH3 is 1. The summed E-state index contributed by atoms with van der Waals surface area (Å²) in [6.45, 7) is -0.00721. The van der Waals surface area contributed by atoms with E-state index in [0.717, 1.165) is 15.7 Å². The number of anilines is 1. The lowest BCUT2D eigenvalue weighted by molar-refractivity contribution is 0.0970. The van der Waals surface area contributed by atoms with Crippen molar-refractivity contribution in [2.24, 2.45) is 0 Å². The van der Waals surface area contributed by atoms with Crippen LogP contribution in [0.1, 0.15) is 10.4 Å². The van der Waals surface area contributed by atoms with E-state index in [-0.39, 0.29) is 36.9 Å². The van der Waals surface area contributed by atoms with Crippen LogP contribution in [0.5, 0.6) is 5.75 Å². The summed E-state index contributed by atoms with van der Waals surface area (Å²) in [4.78, 5) is 15.6. The molecule has 1 heterocycles. The fourth-order valence-corrected chi connectivity index (χ4v) is 4.91. The molecule has 0 aromatic heterocycles. The van der Waals surface area contributed by atoms with Gasteiger partial charge >= 0.3 is 0 Å². The fraction of sp³-hybridized carbons (Fsp3) is 0.217. The maximum atomic E-state index is 14.1. The molecule has 0 saturated carbocycles. The summed E-state index contributed by atoms with van der Waals surface area (Å²) in [6.07, 6.45) is 0. The van der Waals surface area contributed by atoms with Crippen molar-refractivity contribution in [3.05, 3.63) is 69.5 Å². The van der Waals surface area contributed by atoms with Crippen LogP contribution in [0.4, 0.5) is 27.6 Å². The Morgan fingerprint density at radius 2 is 1.54 bits per heavy atom. The van der Waals surface area contributed by atoms with Gasteiger partial charge in [-0.3, -0.25) is 10.1 Å². The van der Waals surface area contributed by atoms with Crippen LogP contribution in [0.25, 0.3) is 10.8 Å². The lowest BCUT2D eigenvalue weighted by Crippen LogP contribution is -2.53. The summed E-state index contributed by atoms with van der Waals surface area (Å²) in [5.41, 5.74) is -0.748. The maximum absolute atomic E-state index is 14.1. The van der Waals surface area contributed by atoms with E-state index in [1.54, 1.807) is 11.0 Å². The highest BCUT2D eigenvalue weighted by Gasteiger charge is 2.31. The van der Waals surface area contributed by atoms with Gasteiger partial charge in [-0.25, -0.2) is 22.0 Å². The molecule has 3 aromatic carbocycles. The van der Waals surface area contributed by atoms with E-state index in [4.69, 9.17) is 17.0 Å². The second-order valence-corrected chi connectivity index (χ2v) is 8.82. The summed E-state index contributed by atoms with van der Waals surface area (Å²) >= 11 is 8.80. The van der Waals surface area contributed by atoms with Crippen LogP contribution in [0.3, 0.4) is 0 Å². The number of rotatable bonds is 3. The molecule has 4 rings (SSSR count). The van der Waals surface area contributed by atoms with E-state index < -0.39 is 40.7 Å². The van der Waals surface area contributed by atoms with Gasteiger partial charge in [0.05, 0.1) is 17.1 Å². The van der Waals surface area contributed by atoms with Crippen LogP contribution < -0.4 is 15.0 Å². The first-order chi connectivity index (χ1) is 16.6. The van der Waals surface area contributed by atoms with Crippen molar-refractivity contribution in [2.75, 3.05) is 38.2 Å². The van der Waals surface area contributed by atoms with Gasteiger partial charge in [-0.2, -0.15) is 0 Å². The summed E-state index contributed by atoms with van der Waals surface area (Å²) in [7, 11) is 1.43. The first-order valence-corrected chi connectivity index (χ1v) is 11.5. The Balaban J connectivity index is 1.48. The van der Waals surface area contributed by atoms with Crippen molar-refractivity contribution < 1.29 is 31.5 Å². The number of ether oxygens (including phenoxy) is 1. The standard InChI is InChI=1S/C23H17BrF5N3O2S/c1-34-21-13(10-11-4-2-3-5-12(11)14(21)24)22(33)30-23(35)32-8-6-31(7-9-32)20-18(28)16(26)15(25)17(27)19(20)29/h2-5,10H,6-9H2,1H3,(H,30,33,35). The number of fused-ring (bicyclic) bond motifs is 1. The summed E-state index contributed by atoms with van der Waals surface area (Å²) in [5.74, 6) is -10.2. The van der Waals surface area contributed by atoms with Gasteiger partial charge in [-0.15, -0.1) is 0 Å². The maximum Gasteiger partial charge on any atom is 0.261 e. The Hall–Kier alpha value is -2.99. The van der Waals surface area contributed by atoms with Gasteiger partial charge in [0.2, 0.25) is 5.82 Å². The summed E-state index contributed by atoms with van der Waals surface area (Å²) in [5, 5.41) is 4.32. The smallest absolute Gasteiger partial charge is 0.261 e. The van der Waals surface area contributed by atoms with Crippen molar-refractivity contribution in [3.63, 3.8) is 0 Å². The Morgan fingerprint density at radius 1 is 0.971 bits per heavy atom. The van der Waals surface area contributed by atoms with Crippen LogP contribution in [-0.4, -0.2) is 49.2 Å². The van der Waals surface area contributed by atoms with Crippen LogP contribution >= 0.6 is 28.1 Å². The molecule has 0 radical (unpaired) electrons. The monoisotopic (exact) mass is 573 g/mol. The van der Waals surface area contributed by atoms with Crippen molar-refractivity contribution in [2.45, 2.75) is 0 Å². The molecule has 0 atom stereocenters. The van der Waals surface area contributed by atoms with Gasteiger partial charge in [0.1, 0.15) is 11.4 Å². The summed E-state index contributed by atoms with van der Waals surface area (Å²) < 4.78 is 74.8. The number of nitrogens with one attached hydrogen (secondary N) is 1.